The molecule has 7 nitrogen and oxygen atoms in total. The highest BCUT2D eigenvalue weighted by atomic mass is 16.5. The highest BCUT2D eigenvalue weighted by Gasteiger charge is 2.32. The summed E-state index contributed by atoms with van der Waals surface area (Å²) in [7, 11) is 0. The second-order valence-electron chi connectivity index (χ2n) is 8.60. The van der Waals surface area contributed by atoms with Crippen molar-refractivity contribution in [2.24, 2.45) is 5.92 Å². The number of rotatable bonds is 6. The second kappa shape index (κ2) is 9.55. The summed E-state index contributed by atoms with van der Waals surface area (Å²) >= 11 is 0. The van der Waals surface area contributed by atoms with Crippen molar-refractivity contribution in [1.29, 1.82) is 0 Å². The number of anilines is 1. The lowest BCUT2D eigenvalue weighted by molar-refractivity contribution is -0.149. The molecule has 2 heterocycles. The summed E-state index contributed by atoms with van der Waals surface area (Å²) in [4.78, 5) is 21.7. The van der Waals surface area contributed by atoms with Gasteiger partial charge in [-0.3, -0.25) is 9.20 Å². The molecule has 0 spiro atoms. The standard InChI is InChI=1S/C27H28N4O3/c1-2-33-27(32)20-8-6-7-19(17-20)26-30-23(24-25(28)29-15-16-31(24)26)18-11-13-22(14-12-18)34-21-9-4-3-5-10-21/h3-5,9-16,19-20H,2,6-8,17H2,1H3,(H2,28,29)/t19-,20-/m0/s1. The predicted octanol–water partition coefficient (Wildman–Crippen LogP) is 5.61. The molecule has 5 rings (SSSR count). The molecule has 2 aromatic carbocycles. The second-order valence-corrected chi connectivity index (χ2v) is 8.60. The van der Waals surface area contributed by atoms with Gasteiger partial charge in [-0.15, -0.1) is 0 Å². The SMILES string of the molecule is CCOC(=O)[C@H]1CCC[C@H](c2nc(-c3ccc(Oc4ccccc4)cc3)c3c(N)nccn23)C1. The van der Waals surface area contributed by atoms with Crippen molar-refractivity contribution < 1.29 is 14.3 Å². The molecule has 1 aliphatic rings. The van der Waals surface area contributed by atoms with Crippen LogP contribution in [0.4, 0.5) is 5.82 Å². The average molecular weight is 457 g/mol. The zero-order valence-corrected chi connectivity index (χ0v) is 19.2. The summed E-state index contributed by atoms with van der Waals surface area (Å²) < 4.78 is 13.3. The van der Waals surface area contributed by atoms with Gasteiger partial charge in [-0.25, -0.2) is 9.97 Å². The molecule has 2 aromatic heterocycles. The van der Waals surface area contributed by atoms with E-state index in [2.05, 4.69) is 4.98 Å². The molecule has 0 radical (unpaired) electrons. The molecule has 0 amide bonds. The minimum absolute atomic E-state index is 0.0943. The maximum absolute atomic E-state index is 12.4. The molecule has 1 aliphatic carbocycles. The molecule has 0 unspecified atom stereocenters. The summed E-state index contributed by atoms with van der Waals surface area (Å²) in [6.45, 7) is 2.25. The fourth-order valence-corrected chi connectivity index (χ4v) is 4.78. The smallest absolute Gasteiger partial charge is 0.308 e. The Morgan fingerprint density at radius 2 is 1.85 bits per heavy atom. The van der Waals surface area contributed by atoms with Gasteiger partial charge in [0.05, 0.1) is 12.5 Å². The van der Waals surface area contributed by atoms with Crippen LogP contribution in [0.3, 0.4) is 0 Å². The minimum Gasteiger partial charge on any atom is -0.466 e. The van der Waals surface area contributed by atoms with Gasteiger partial charge in [-0.2, -0.15) is 0 Å². The number of nitrogens with two attached hydrogens (primary N) is 1. The predicted molar refractivity (Wildman–Crippen MR) is 131 cm³/mol. The maximum atomic E-state index is 12.4. The van der Waals surface area contributed by atoms with Gasteiger partial charge >= 0.3 is 5.97 Å². The minimum atomic E-state index is -0.108. The molecule has 1 saturated carbocycles. The Hall–Kier alpha value is -3.87. The molecular weight excluding hydrogens is 428 g/mol. The third-order valence-corrected chi connectivity index (χ3v) is 6.38. The Labute approximate surface area is 198 Å². The average Bonchev–Trinajstić information content (AvgIpc) is 3.26. The Bertz CT molecular complexity index is 1280. The lowest BCUT2D eigenvalue weighted by Crippen LogP contribution is -2.24. The number of carbonyl (C=O) groups is 1. The van der Waals surface area contributed by atoms with Gasteiger partial charge in [0.1, 0.15) is 34.4 Å². The number of para-hydroxylation sites is 1. The fourth-order valence-electron chi connectivity index (χ4n) is 4.78. The lowest BCUT2D eigenvalue weighted by Gasteiger charge is -2.27. The van der Waals surface area contributed by atoms with Crippen LogP contribution in [0.5, 0.6) is 11.5 Å². The number of nitrogen functional groups attached to an aromatic ring is 1. The molecule has 0 saturated heterocycles. The van der Waals surface area contributed by atoms with Crippen molar-refractivity contribution in [3.8, 4) is 22.8 Å². The number of benzene rings is 2. The number of esters is 1. The summed E-state index contributed by atoms with van der Waals surface area (Å²) in [6.07, 6.45) is 7.12. The molecule has 2 atom stereocenters. The van der Waals surface area contributed by atoms with Crippen LogP contribution in [-0.2, 0) is 9.53 Å². The fraction of sp³-hybridized carbons (Fsp3) is 0.296. The van der Waals surface area contributed by atoms with E-state index in [1.807, 2.05) is 72.1 Å². The number of nitrogens with zero attached hydrogens (tertiary/aromatic N) is 3. The quantitative estimate of drug-likeness (QED) is 0.379. The molecule has 0 bridgehead atoms. The first-order valence-corrected chi connectivity index (χ1v) is 11.8. The zero-order valence-electron chi connectivity index (χ0n) is 19.2. The highest BCUT2D eigenvalue weighted by Crippen LogP contribution is 2.39. The molecule has 7 heteroatoms. The van der Waals surface area contributed by atoms with Crippen LogP contribution < -0.4 is 10.5 Å². The lowest BCUT2D eigenvalue weighted by atomic mass is 9.81. The number of carbonyl (C=O) groups excluding carboxylic acids is 1. The maximum Gasteiger partial charge on any atom is 0.308 e. The van der Waals surface area contributed by atoms with Crippen molar-refractivity contribution in [3.05, 3.63) is 72.8 Å². The van der Waals surface area contributed by atoms with Gasteiger partial charge < -0.3 is 15.2 Å². The van der Waals surface area contributed by atoms with Gasteiger partial charge in [0.25, 0.3) is 0 Å². The van der Waals surface area contributed by atoms with E-state index in [0.29, 0.717) is 12.4 Å². The number of hydrogen-bond donors (Lipinski definition) is 1. The number of aromatic nitrogens is 3. The Kier molecular flexibility index (Phi) is 6.16. The van der Waals surface area contributed by atoms with Crippen LogP contribution in [0.1, 0.15) is 44.3 Å². The van der Waals surface area contributed by atoms with Crippen molar-refractivity contribution >= 4 is 17.3 Å². The summed E-state index contributed by atoms with van der Waals surface area (Å²) in [6, 6.07) is 17.5. The van der Waals surface area contributed by atoms with Gasteiger partial charge in [-0.1, -0.05) is 24.6 Å². The number of fused-ring (bicyclic) bond motifs is 1. The van der Waals surface area contributed by atoms with E-state index in [9.17, 15) is 4.79 Å². The first kappa shape index (κ1) is 21.9. The van der Waals surface area contributed by atoms with E-state index in [4.69, 9.17) is 20.2 Å². The monoisotopic (exact) mass is 456 g/mol. The van der Waals surface area contributed by atoms with Crippen LogP contribution in [-0.4, -0.2) is 26.9 Å². The van der Waals surface area contributed by atoms with Gasteiger partial charge in [0.2, 0.25) is 0 Å². The molecule has 2 N–H and O–H groups in total. The van der Waals surface area contributed by atoms with E-state index in [1.165, 1.54) is 0 Å². The van der Waals surface area contributed by atoms with Crippen molar-refractivity contribution in [3.63, 3.8) is 0 Å². The van der Waals surface area contributed by atoms with Crippen LogP contribution in [0.15, 0.2) is 67.0 Å². The van der Waals surface area contributed by atoms with Gasteiger partial charge in [0, 0.05) is 23.9 Å². The number of ether oxygens (including phenoxy) is 2. The normalized spacial score (nSPS) is 18.0. The largest absolute Gasteiger partial charge is 0.466 e. The third kappa shape index (κ3) is 4.33. The highest BCUT2D eigenvalue weighted by molar-refractivity contribution is 5.85. The third-order valence-electron chi connectivity index (χ3n) is 6.38. The first-order chi connectivity index (χ1) is 16.6. The van der Waals surface area contributed by atoms with Crippen molar-refractivity contribution in [2.75, 3.05) is 12.3 Å². The summed E-state index contributed by atoms with van der Waals surface area (Å²) in [5.74, 6) is 2.82. The Balaban J connectivity index is 1.47. The molecule has 34 heavy (non-hydrogen) atoms. The van der Waals surface area contributed by atoms with Crippen LogP contribution in [0, 0.1) is 5.92 Å². The van der Waals surface area contributed by atoms with E-state index < -0.39 is 0 Å². The van der Waals surface area contributed by atoms with E-state index >= 15 is 0 Å². The van der Waals surface area contributed by atoms with Crippen LogP contribution >= 0.6 is 0 Å². The van der Waals surface area contributed by atoms with Crippen molar-refractivity contribution in [2.45, 2.75) is 38.5 Å². The number of hydrogen-bond acceptors (Lipinski definition) is 6. The molecule has 4 aromatic rings. The Morgan fingerprint density at radius 1 is 1.09 bits per heavy atom. The van der Waals surface area contributed by atoms with E-state index in [-0.39, 0.29) is 17.8 Å². The Morgan fingerprint density at radius 3 is 2.62 bits per heavy atom. The van der Waals surface area contributed by atoms with Gasteiger partial charge in [0.15, 0.2) is 0 Å². The van der Waals surface area contributed by atoms with Gasteiger partial charge in [-0.05, 0) is 62.6 Å². The van der Waals surface area contributed by atoms with Crippen LogP contribution in [0.25, 0.3) is 16.8 Å². The topological polar surface area (TPSA) is 91.7 Å². The molecular formula is C27H28N4O3. The van der Waals surface area contributed by atoms with Crippen molar-refractivity contribution in [1.82, 2.24) is 14.4 Å². The van der Waals surface area contributed by atoms with Crippen LogP contribution in [0.2, 0.25) is 0 Å². The first-order valence-electron chi connectivity index (χ1n) is 11.8. The summed E-state index contributed by atoms with van der Waals surface area (Å²) in [5, 5.41) is 0. The molecule has 1 fully saturated rings. The van der Waals surface area contributed by atoms with E-state index in [0.717, 1.165) is 59.8 Å². The zero-order chi connectivity index (χ0) is 23.5. The molecule has 0 aliphatic heterocycles. The number of imidazole rings is 1. The molecule has 174 valence electrons. The van der Waals surface area contributed by atoms with E-state index in [1.54, 1.807) is 6.20 Å². The summed E-state index contributed by atoms with van der Waals surface area (Å²) in [5.41, 5.74) is 8.81.